The molecule has 1 aliphatic carbocycles. The predicted molar refractivity (Wildman–Crippen MR) is 84.9 cm³/mol. The standard InChI is InChI=1S/C16H20BrN3/c1-11-12(10-19-20-11)4-3-9-18-16-8-7-13-14(16)5-2-6-15(13)17/h2,5-6,10,16,18H,3-4,7-9H2,1H3,(H,19,20). The predicted octanol–water partition coefficient (Wildman–Crippen LogP) is 3.69. The number of hydrogen-bond donors (Lipinski definition) is 2. The van der Waals surface area contributed by atoms with Crippen LogP contribution in [0.1, 0.15) is 41.3 Å². The van der Waals surface area contributed by atoms with Crippen LogP contribution in [0.2, 0.25) is 0 Å². The van der Waals surface area contributed by atoms with Crippen LogP contribution in [0.25, 0.3) is 0 Å². The summed E-state index contributed by atoms with van der Waals surface area (Å²) in [4.78, 5) is 0. The average molecular weight is 334 g/mol. The lowest BCUT2D eigenvalue weighted by Crippen LogP contribution is -2.20. The van der Waals surface area contributed by atoms with Crippen LogP contribution in [0.3, 0.4) is 0 Å². The van der Waals surface area contributed by atoms with Crippen LogP contribution in [-0.2, 0) is 12.8 Å². The summed E-state index contributed by atoms with van der Waals surface area (Å²) in [6, 6.07) is 7.05. The molecule has 3 nitrogen and oxygen atoms in total. The molecule has 0 radical (unpaired) electrons. The normalized spacial score (nSPS) is 17.4. The number of aryl methyl sites for hydroxylation is 2. The van der Waals surface area contributed by atoms with Crippen molar-refractivity contribution in [2.45, 2.75) is 38.6 Å². The molecule has 1 aromatic heterocycles. The van der Waals surface area contributed by atoms with E-state index in [2.05, 4.69) is 56.6 Å². The fraction of sp³-hybridized carbons (Fsp3) is 0.438. The number of aromatic nitrogens is 2. The van der Waals surface area contributed by atoms with Gasteiger partial charge in [0, 0.05) is 16.2 Å². The summed E-state index contributed by atoms with van der Waals surface area (Å²) in [5, 5.41) is 10.8. The second-order valence-electron chi connectivity index (χ2n) is 5.48. The molecule has 0 spiro atoms. The van der Waals surface area contributed by atoms with E-state index in [9.17, 15) is 0 Å². The van der Waals surface area contributed by atoms with Crippen LogP contribution in [-0.4, -0.2) is 16.7 Å². The van der Waals surface area contributed by atoms with E-state index in [0.717, 1.165) is 19.4 Å². The first-order chi connectivity index (χ1) is 9.75. The highest BCUT2D eigenvalue weighted by Gasteiger charge is 2.23. The fourth-order valence-electron chi connectivity index (χ4n) is 3.00. The van der Waals surface area contributed by atoms with Crippen LogP contribution in [0.15, 0.2) is 28.9 Å². The molecule has 0 bridgehead atoms. The van der Waals surface area contributed by atoms with Crippen LogP contribution in [0.4, 0.5) is 0 Å². The Morgan fingerprint density at radius 3 is 3.15 bits per heavy atom. The topological polar surface area (TPSA) is 40.7 Å². The third kappa shape index (κ3) is 2.81. The third-order valence-electron chi connectivity index (χ3n) is 4.16. The van der Waals surface area contributed by atoms with Gasteiger partial charge in [-0.15, -0.1) is 0 Å². The number of halogens is 1. The molecular weight excluding hydrogens is 314 g/mol. The number of nitrogens with one attached hydrogen (secondary N) is 2. The van der Waals surface area contributed by atoms with Crippen LogP contribution >= 0.6 is 15.9 Å². The molecule has 1 heterocycles. The molecule has 2 aromatic rings. The van der Waals surface area contributed by atoms with Crippen molar-refractivity contribution in [2.75, 3.05) is 6.54 Å². The first kappa shape index (κ1) is 13.8. The van der Waals surface area contributed by atoms with Gasteiger partial charge in [0.25, 0.3) is 0 Å². The highest BCUT2D eigenvalue weighted by molar-refractivity contribution is 9.10. The fourth-order valence-corrected chi connectivity index (χ4v) is 3.58. The van der Waals surface area contributed by atoms with Crippen molar-refractivity contribution in [1.82, 2.24) is 15.5 Å². The number of fused-ring (bicyclic) bond motifs is 1. The first-order valence-electron chi connectivity index (χ1n) is 7.25. The zero-order valence-corrected chi connectivity index (χ0v) is 13.3. The minimum absolute atomic E-state index is 0.521. The van der Waals surface area contributed by atoms with Crippen molar-refractivity contribution in [3.63, 3.8) is 0 Å². The molecule has 0 fully saturated rings. The van der Waals surface area contributed by atoms with Gasteiger partial charge in [0.05, 0.1) is 6.20 Å². The number of hydrogen-bond acceptors (Lipinski definition) is 2. The summed E-state index contributed by atoms with van der Waals surface area (Å²) >= 11 is 3.65. The van der Waals surface area contributed by atoms with E-state index in [1.54, 1.807) is 0 Å². The Bertz CT molecular complexity index is 591. The van der Waals surface area contributed by atoms with E-state index in [1.807, 2.05) is 6.20 Å². The Morgan fingerprint density at radius 1 is 1.45 bits per heavy atom. The Hall–Kier alpha value is -1.13. The Labute approximate surface area is 128 Å². The van der Waals surface area contributed by atoms with E-state index in [0.29, 0.717) is 6.04 Å². The molecule has 0 aliphatic heterocycles. The Morgan fingerprint density at radius 2 is 2.35 bits per heavy atom. The van der Waals surface area contributed by atoms with Gasteiger partial charge in [0.15, 0.2) is 0 Å². The number of benzene rings is 1. The lowest BCUT2D eigenvalue weighted by atomic mass is 10.1. The molecule has 0 saturated heterocycles. The van der Waals surface area contributed by atoms with E-state index in [4.69, 9.17) is 0 Å². The van der Waals surface area contributed by atoms with Crippen molar-refractivity contribution >= 4 is 15.9 Å². The zero-order valence-electron chi connectivity index (χ0n) is 11.7. The van der Waals surface area contributed by atoms with E-state index >= 15 is 0 Å². The van der Waals surface area contributed by atoms with Crippen LogP contribution < -0.4 is 5.32 Å². The molecule has 4 heteroatoms. The second kappa shape index (κ2) is 6.10. The molecule has 0 saturated carbocycles. The maximum atomic E-state index is 4.07. The lowest BCUT2D eigenvalue weighted by Gasteiger charge is -2.14. The SMILES string of the molecule is Cc1[nH]ncc1CCCNC1CCc2c(Br)cccc21. The zero-order chi connectivity index (χ0) is 13.9. The van der Waals surface area contributed by atoms with Gasteiger partial charge in [-0.05, 0) is 61.9 Å². The molecular formula is C16H20BrN3. The van der Waals surface area contributed by atoms with Gasteiger partial charge in [0.2, 0.25) is 0 Å². The second-order valence-corrected chi connectivity index (χ2v) is 6.33. The molecule has 2 N–H and O–H groups in total. The molecule has 1 aliphatic rings. The highest BCUT2D eigenvalue weighted by atomic mass is 79.9. The monoisotopic (exact) mass is 333 g/mol. The first-order valence-corrected chi connectivity index (χ1v) is 8.04. The van der Waals surface area contributed by atoms with Gasteiger partial charge >= 0.3 is 0 Å². The van der Waals surface area contributed by atoms with Crippen LogP contribution in [0.5, 0.6) is 0 Å². The highest BCUT2D eigenvalue weighted by Crippen LogP contribution is 2.35. The lowest BCUT2D eigenvalue weighted by molar-refractivity contribution is 0.520. The van der Waals surface area contributed by atoms with Crippen molar-refractivity contribution in [2.24, 2.45) is 0 Å². The molecule has 1 aromatic carbocycles. The summed E-state index contributed by atoms with van der Waals surface area (Å²) in [5.41, 5.74) is 5.48. The molecule has 1 atom stereocenters. The smallest absolute Gasteiger partial charge is 0.0522 e. The quantitative estimate of drug-likeness (QED) is 0.819. The molecule has 3 rings (SSSR count). The van der Waals surface area contributed by atoms with E-state index < -0.39 is 0 Å². The van der Waals surface area contributed by atoms with Gasteiger partial charge in [-0.25, -0.2) is 0 Å². The van der Waals surface area contributed by atoms with Crippen molar-refractivity contribution < 1.29 is 0 Å². The number of H-pyrrole nitrogens is 1. The van der Waals surface area contributed by atoms with E-state index in [1.165, 1.54) is 39.7 Å². The number of nitrogens with zero attached hydrogens (tertiary/aromatic N) is 1. The molecule has 20 heavy (non-hydrogen) atoms. The van der Waals surface area contributed by atoms with Crippen molar-refractivity contribution in [1.29, 1.82) is 0 Å². The summed E-state index contributed by atoms with van der Waals surface area (Å²) in [5.74, 6) is 0. The molecule has 1 unspecified atom stereocenters. The molecule has 0 amide bonds. The maximum absolute atomic E-state index is 4.07. The van der Waals surface area contributed by atoms with Crippen LogP contribution in [0, 0.1) is 6.92 Å². The summed E-state index contributed by atoms with van der Waals surface area (Å²) < 4.78 is 1.26. The minimum atomic E-state index is 0.521. The van der Waals surface area contributed by atoms with Crippen molar-refractivity contribution in [3.8, 4) is 0 Å². The number of aromatic amines is 1. The average Bonchev–Trinajstić information content (AvgIpc) is 3.03. The number of rotatable bonds is 5. The minimum Gasteiger partial charge on any atom is -0.310 e. The summed E-state index contributed by atoms with van der Waals surface area (Å²) in [6.07, 6.45) is 6.57. The van der Waals surface area contributed by atoms with Gasteiger partial charge < -0.3 is 5.32 Å². The largest absolute Gasteiger partial charge is 0.310 e. The van der Waals surface area contributed by atoms with Gasteiger partial charge in [-0.1, -0.05) is 28.1 Å². The third-order valence-corrected chi connectivity index (χ3v) is 4.90. The Kier molecular flexibility index (Phi) is 4.22. The Balaban J connectivity index is 1.51. The van der Waals surface area contributed by atoms with Gasteiger partial charge in [-0.3, -0.25) is 5.10 Å². The van der Waals surface area contributed by atoms with Crippen molar-refractivity contribution in [3.05, 3.63) is 51.3 Å². The van der Waals surface area contributed by atoms with E-state index in [-0.39, 0.29) is 0 Å². The summed E-state index contributed by atoms with van der Waals surface area (Å²) in [6.45, 7) is 3.14. The van der Waals surface area contributed by atoms with Gasteiger partial charge in [0.1, 0.15) is 0 Å². The van der Waals surface area contributed by atoms with Gasteiger partial charge in [-0.2, -0.15) is 5.10 Å². The molecule has 106 valence electrons. The maximum Gasteiger partial charge on any atom is 0.0522 e. The summed E-state index contributed by atoms with van der Waals surface area (Å²) in [7, 11) is 0.